The summed E-state index contributed by atoms with van der Waals surface area (Å²) in [5.41, 5.74) is 1.77. The number of amides is 2. The van der Waals surface area contributed by atoms with E-state index >= 15 is 0 Å². The van der Waals surface area contributed by atoms with Gasteiger partial charge in [0.15, 0.2) is 0 Å². The summed E-state index contributed by atoms with van der Waals surface area (Å²) in [5.74, 6) is 0.948. The molecule has 0 saturated heterocycles. The van der Waals surface area contributed by atoms with Crippen molar-refractivity contribution in [2.45, 2.75) is 32.0 Å². The molecule has 2 aromatic carbocycles. The number of methoxy groups -OCH3 is 1. The van der Waals surface area contributed by atoms with Gasteiger partial charge in [-0.05, 0) is 31.2 Å². The van der Waals surface area contributed by atoms with Gasteiger partial charge in [0.05, 0.1) is 25.6 Å². The van der Waals surface area contributed by atoms with Gasteiger partial charge in [0.2, 0.25) is 5.91 Å². The van der Waals surface area contributed by atoms with Crippen LogP contribution in [-0.2, 0) is 24.3 Å². The molecule has 0 saturated carbocycles. The molecule has 8 heteroatoms. The molecule has 1 aliphatic rings. The van der Waals surface area contributed by atoms with Gasteiger partial charge >= 0.3 is 0 Å². The van der Waals surface area contributed by atoms with Crippen LogP contribution in [0.4, 0.5) is 0 Å². The van der Waals surface area contributed by atoms with Crippen molar-refractivity contribution in [3.8, 4) is 17.0 Å². The second-order valence-electron chi connectivity index (χ2n) is 8.99. The van der Waals surface area contributed by atoms with E-state index in [0.717, 1.165) is 16.9 Å². The van der Waals surface area contributed by atoms with E-state index < -0.39 is 5.54 Å². The Morgan fingerprint density at radius 3 is 2.64 bits per heavy atom. The van der Waals surface area contributed by atoms with Crippen LogP contribution in [0.2, 0.25) is 0 Å². The van der Waals surface area contributed by atoms with E-state index in [-0.39, 0.29) is 24.9 Å². The smallest absolute Gasteiger partial charge is 0.273 e. The minimum Gasteiger partial charge on any atom is -0.496 e. The number of benzene rings is 2. The van der Waals surface area contributed by atoms with Gasteiger partial charge < -0.3 is 19.4 Å². The van der Waals surface area contributed by atoms with Crippen LogP contribution in [0.1, 0.15) is 28.7 Å². The van der Waals surface area contributed by atoms with E-state index in [1.165, 1.54) is 0 Å². The first-order valence-electron chi connectivity index (χ1n) is 11.9. The summed E-state index contributed by atoms with van der Waals surface area (Å²) in [4.78, 5) is 29.1. The number of nitrogens with one attached hydrogen (secondary N) is 1. The largest absolute Gasteiger partial charge is 0.496 e. The standard InChI is InChI=1S/C28H28N4O4/c1-28(27(34)29-18-21-11-6-7-13-25(21)35-2)19-32-24(17-23(30-32)20-9-4-3-5-10-20)26(33)31(28)15-14-22-12-8-16-36-22/h3-13,16-17H,14-15,18-19H2,1-2H3,(H,29,34)/t28-/m0/s1. The average Bonchev–Trinajstić information content (AvgIpc) is 3.58. The third kappa shape index (κ3) is 4.37. The van der Waals surface area contributed by atoms with Crippen molar-refractivity contribution in [3.63, 3.8) is 0 Å². The number of hydrogen-bond donors (Lipinski definition) is 1. The summed E-state index contributed by atoms with van der Waals surface area (Å²) in [5, 5.41) is 7.71. The number of carbonyl (C=O) groups is 2. The van der Waals surface area contributed by atoms with Crippen molar-refractivity contribution in [1.29, 1.82) is 0 Å². The van der Waals surface area contributed by atoms with E-state index in [4.69, 9.17) is 14.3 Å². The molecule has 4 aromatic rings. The lowest BCUT2D eigenvalue weighted by molar-refractivity contribution is -0.133. The first kappa shape index (κ1) is 23.4. The fourth-order valence-electron chi connectivity index (χ4n) is 4.63. The zero-order valence-electron chi connectivity index (χ0n) is 20.3. The topological polar surface area (TPSA) is 89.6 Å². The third-order valence-electron chi connectivity index (χ3n) is 6.65. The minimum atomic E-state index is -1.15. The minimum absolute atomic E-state index is 0.233. The van der Waals surface area contributed by atoms with E-state index in [9.17, 15) is 9.59 Å². The fourth-order valence-corrected chi connectivity index (χ4v) is 4.63. The Morgan fingerprint density at radius 2 is 1.89 bits per heavy atom. The maximum absolute atomic E-state index is 13.8. The maximum Gasteiger partial charge on any atom is 0.273 e. The van der Waals surface area contributed by atoms with Crippen LogP contribution in [0.15, 0.2) is 83.5 Å². The van der Waals surface area contributed by atoms with Crippen molar-refractivity contribution >= 4 is 11.8 Å². The molecule has 0 spiro atoms. The molecule has 1 N–H and O–H groups in total. The van der Waals surface area contributed by atoms with Crippen LogP contribution in [0.3, 0.4) is 0 Å². The molecule has 1 aliphatic heterocycles. The third-order valence-corrected chi connectivity index (χ3v) is 6.65. The van der Waals surface area contributed by atoms with E-state index in [1.807, 2.05) is 66.7 Å². The van der Waals surface area contributed by atoms with E-state index in [0.29, 0.717) is 30.1 Å². The Hall–Kier alpha value is -4.33. The highest BCUT2D eigenvalue weighted by molar-refractivity contribution is 6.00. The normalized spacial score (nSPS) is 17.1. The lowest BCUT2D eigenvalue weighted by Gasteiger charge is -2.43. The van der Waals surface area contributed by atoms with Crippen molar-refractivity contribution < 1.29 is 18.7 Å². The maximum atomic E-state index is 13.8. The zero-order chi connectivity index (χ0) is 25.1. The number of nitrogens with zero attached hydrogens (tertiary/aromatic N) is 3. The molecule has 36 heavy (non-hydrogen) atoms. The highest BCUT2D eigenvalue weighted by atomic mass is 16.5. The average molecular weight is 485 g/mol. The van der Waals surface area contributed by atoms with Gasteiger partial charge in [-0.2, -0.15) is 5.10 Å². The number of fused-ring (bicyclic) bond motifs is 1. The number of aromatic nitrogens is 2. The molecule has 2 aromatic heterocycles. The Morgan fingerprint density at radius 1 is 1.11 bits per heavy atom. The second-order valence-corrected chi connectivity index (χ2v) is 8.99. The molecule has 1 atom stereocenters. The summed E-state index contributed by atoms with van der Waals surface area (Å²) in [6.45, 7) is 2.63. The van der Waals surface area contributed by atoms with Gasteiger partial charge in [-0.1, -0.05) is 48.5 Å². The van der Waals surface area contributed by atoms with Gasteiger partial charge in [0, 0.05) is 30.6 Å². The van der Waals surface area contributed by atoms with Gasteiger partial charge in [-0.25, -0.2) is 0 Å². The predicted molar refractivity (Wildman–Crippen MR) is 134 cm³/mol. The summed E-state index contributed by atoms with van der Waals surface area (Å²) < 4.78 is 12.5. The number of para-hydroxylation sites is 1. The van der Waals surface area contributed by atoms with Crippen LogP contribution < -0.4 is 10.1 Å². The molecule has 0 radical (unpaired) electrons. The molecular formula is C28H28N4O4. The number of rotatable bonds is 8. The SMILES string of the molecule is COc1ccccc1CNC(=O)[C@]1(C)Cn2nc(-c3ccccc3)cc2C(=O)N1CCc1ccco1. The summed E-state index contributed by atoms with van der Waals surface area (Å²) in [6.07, 6.45) is 2.10. The highest BCUT2D eigenvalue weighted by Crippen LogP contribution is 2.30. The zero-order valence-corrected chi connectivity index (χ0v) is 20.3. The highest BCUT2D eigenvalue weighted by Gasteiger charge is 2.47. The summed E-state index contributed by atoms with van der Waals surface area (Å²) in [7, 11) is 1.60. The van der Waals surface area contributed by atoms with Crippen molar-refractivity contribution in [1.82, 2.24) is 20.0 Å². The molecule has 0 bridgehead atoms. The molecule has 0 aliphatic carbocycles. The fraction of sp³-hybridized carbons (Fsp3) is 0.250. The molecular weight excluding hydrogens is 456 g/mol. The van der Waals surface area contributed by atoms with Gasteiger partial charge in [-0.3, -0.25) is 14.3 Å². The Bertz CT molecular complexity index is 1360. The van der Waals surface area contributed by atoms with Crippen LogP contribution in [-0.4, -0.2) is 45.7 Å². The number of carbonyl (C=O) groups excluding carboxylic acids is 2. The van der Waals surface area contributed by atoms with Crippen molar-refractivity contribution in [3.05, 3.63) is 96.1 Å². The predicted octanol–water partition coefficient (Wildman–Crippen LogP) is 3.93. The molecule has 5 rings (SSSR count). The number of ether oxygens (including phenoxy) is 1. The summed E-state index contributed by atoms with van der Waals surface area (Å²) >= 11 is 0. The first-order chi connectivity index (χ1) is 17.5. The molecule has 0 fully saturated rings. The molecule has 184 valence electrons. The Kier molecular flexibility index (Phi) is 6.33. The molecule has 2 amide bonds. The lowest BCUT2D eigenvalue weighted by atomic mass is 9.94. The first-order valence-corrected chi connectivity index (χ1v) is 11.9. The van der Waals surface area contributed by atoms with E-state index in [2.05, 4.69) is 5.32 Å². The van der Waals surface area contributed by atoms with Crippen LogP contribution in [0.25, 0.3) is 11.3 Å². The summed E-state index contributed by atoms with van der Waals surface area (Å²) in [6, 6.07) is 22.7. The molecule has 8 nitrogen and oxygen atoms in total. The quantitative estimate of drug-likeness (QED) is 0.409. The molecule has 0 unspecified atom stereocenters. The van der Waals surface area contributed by atoms with Gasteiger partial charge in [0.25, 0.3) is 5.91 Å². The molecule has 3 heterocycles. The van der Waals surface area contributed by atoms with Crippen LogP contribution in [0.5, 0.6) is 5.75 Å². The van der Waals surface area contributed by atoms with Crippen molar-refractivity contribution in [2.24, 2.45) is 0 Å². The van der Waals surface area contributed by atoms with Crippen LogP contribution >= 0.6 is 0 Å². The Labute approximate surface area is 209 Å². The van der Waals surface area contributed by atoms with Crippen molar-refractivity contribution in [2.75, 3.05) is 13.7 Å². The number of furan rings is 1. The second kappa shape index (κ2) is 9.73. The van der Waals surface area contributed by atoms with Crippen LogP contribution in [0, 0.1) is 0 Å². The van der Waals surface area contributed by atoms with Gasteiger partial charge in [0.1, 0.15) is 22.7 Å². The number of hydrogen-bond acceptors (Lipinski definition) is 5. The lowest BCUT2D eigenvalue weighted by Crippen LogP contribution is -2.64. The monoisotopic (exact) mass is 484 g/mol. The van der Waals surface area contributed by atoms with E-state index in [1.54, 1.807) is 35.9 Å². The Balaban J connectivity index is 1.45. The van der Waals surface area contributed by atoms with Gasteiger partial charge in [-0.15, -0.1) is 0 Å².